The Bertz CT molecular complexity index is 286. The molecule has 0 nitrogen and oxygen atoms in total. The lowest BCUT2D eigenvalue weighted by molar-refractivity contribution is 1.11. The number of hydrogen-bond donors (Lipinski definition) is 0. The largest absolute Gasteiger partial charge is 0.0618 e. The van der Waals surface area contributed by atoms with Crippen LogP contribution in [0.25, 0.3) is 0 Å². The van der Waals surface area contributed by atoms with Gasteiger partial charge in [-0.1, -0.05) is 6.04 Å². The predicted octanol–water partition coefficient (Wildman–Crippen LogP) is 2.83. The lowest BCUT2D eigenvalue weighted by atomic mass is 10.2. The molecule has 0 atom stereocenters. The maximum atomic E-state index is 2.43. The molecule has 1 rings (SSSR count). The molecular weight excluding hydrogens is 505 g/mol. The van der Waals surface area contributed by atoms with Crippen LogP contribution in [0.5, 0.6) is 0 Å². The summed E-state index contributed by atoms with van der Waals surface area (Å²) < 4.78 is 4.18. The Kier molecular flexibility index (Phi) is 5.36. The molecule has 0 saturated carbocycles. The van der Waals surface area contributed by atoms with Gasteiger partial charge >= 0.3 is 0 Å². The Balaban J connectivity index is 3.05. The van der Waals surface area contributed by atoms with Gasteiger partial charge in [-0.2, -0.15) is 0 Å². The van der Waals surface area contributed by atoms with E-state index in [2.05, 4.69) is 79.9 Å². The Labute approximate surface area is 117 Å². The molecule has 0 aliphatic carbocycles. The first-order valence-electron chi connectivity index (χ1n) is 3.78. The molecule has 0 amide bonds. The molecule has 0 radical (unpaired) electrons. The van der Waals surface area contributed by atoms with Crippen LogP contribution < -0.4 is 0 Å². The van der Waals surface area contributed by atoms with Gasteiger partial charge in [-0.15, -0.1) is 0 Å². The molecule has 0 bridgehead atoms. The molecule has 1 aromatic carbocycles. The molecule has 0 heterocycles. The van der Waals surface area contributed by atoms with E-state index in [1.165, 1.54) is 39.0 Å². The maximum Gasteiger partial charge on any atom is 0.0274 e. The normalized spacial score (nSPS) is 10.6. The number of halogens is 3. The first-order chi connectivity index (χ1) is 5.65. The molecule has 0 N–H and O–H groups in total. The van der Waals surface area contributed by atoms with Gasteiger partial charge in [0.05, 0.1) is 0 Å². The molecule has 12 heavy (non-hydrogen) atoms. The van der Waals surface area contributed by atoms with Crippen LogP contribution >= 0.6 is 67.8 Å². The number of benzene rings is 1. The van der Waals surface area contributed by atoms with Gasteiger partial charge in [-0.05, 0) is 91.9 Å². The van der Waals surface area contributed by atoms with Gasteiger partial charge in [0.2, 0.25) is 0 Å². The Morgan fingerprint density at radius 3 is 2.17 bits per heavy atom. The van der Waals surface area contributed by atoms with Crippen molar-refractivity contribution in [3.8, 4) is 0 Å². The van der Waals surface area contributed by atoms with Crippen molar-refractivity contribution in [1.29, 1.82) is 0 Å². The minimum Gasteiger partial charge on any atom is -0.0618 e. The van der Waals surface area contributed by atoms with Crippen molar-refractivity contribution in [2.24, 2.45) is 0 Å². The third-order valence-corrected chi connectivity index (χ3v) is 5.93. The summed E-state index contributed by atoms with van der Waals surface area (Å²) in [5, 5.41) is 0. The van der Waals surface area contributed by atoms with E-state index in [1.54, 1.807) is 0 Å². The molecule has 0 spiro atoms. The minimum absolute atomic E-state index is 1.26. The summed E-state index contributed by atoms with van der Waals surface area (Å²) in [5.41, 5.74) is 1.52. The van der Waals surface area contributed by atoms with Crippen molar-refractivity contribution < 1.29 is 0 Å². The highest BCUT2D eigenvalue weighted by molar-refractivity contribution is 14.1. The zero-order valence-electron chi connectivity index (χ0n) is 6.70. The summed E-state index contributed by atoms with van der Waals surface area (Å²) in [7, 11) is 1.31. The third-order valence-electron chi connectivity index (χ3n) is 1.61. The molecule has 1 aromatic rings. The Morgan fingerprint density at radius 1 is 1.00 bits per heavy atom. The van der Waals surface area contributed by atoms with Crippen LogP contribution in [-0.2, 0) is 6.42 Å². The molecule has 66 valence electrons. The summed E-state index contributed by atoms with van der Waals surface area (Å²) in [4.78, 5) is 0. The van der Waals surface area contributed by atoms with E-state index in [1.807, 2.05) is 0 Å². The fourth-order valence-electron chi connectivity index (χ4n) is 1.02. The van der Waals surface area contributed by atoms with E-state index in [4.69, 9.17) is 0 Å². The number of rotatable bonds is 2. The Morgan fingerprint density at radius 2 is 1.58 bits per heavy atom. The summed E-state index contributed by atoms with van der Waals surface area (Å²) in [6.07, 6.45) is 1.26. The second-order valence-electron chi connectivity index (χ2n) is 2.61. The van der Waals surface area contributed by atoms with Gasteiger partial charge in [-0.25, -0.2) is 0 Å². The van der Waals surface area contributed by atoms with E-state index in [9.17, 15) is 0 Å². The van der Waals surface area contributed by atoms with Crippen molar-refractivity contribution in [2.75, 3.05) is 0 Å². The van der Waals surface area contributed by atoms with Crippen LogP contribution in [0, 0.1) is 10.7 Å². The van der Waals surface area contributed by atoms with E-state index in [0.717, 1.165) is 0 Å². The van der Waals surface area contributed by atoms with Crippen molar-refractivity contribution >= 4 is 78.0 Å². The molecular formula is C8H9I3Si. The second-order valence-corrected chi connectivity index (χ2v) is 7.09. The number of hydrogen-bond acceptors (Lipinski definition) is 0. The average molecular weight is 514 g/mol. The SMILES string of the molecule is [SiH3]CCc1cc(I)c(I)cc1I. The van der Waals surface area contributed by atoms with Crippen LogP contribution in [-0.4, -0.2) is 10.2 Å². The van der Waals surface area contributed by atoms with Crippen LogP contribution in [0.2, 0.25) is 6.04 Å². The second kappa shape index (κ2) is 5.49. The van der Waals surface area contributed by atoms with Gasteiger partial charge in [-0.3, -0.25) is 0 Å². The Hall–Kier alpha value is 1.63. The molecule has 0 aliphatic rings. The third kappa shape index (κ3) is 3.09. The first-order valence-corrected chi connectivity index (χ1v) is 8.43. The van der Waals surface area contributed by atoms with Crippen LogP contribution in [0.3, 0.4) is 0 Å². The smallest absolute Gasteiger partial charge is 0.0274 e. The topological polar surface area (TPSA) is 0 Å². The molecule has 0 unspecified atom stereocenters. The van der Waals surface area contributed by atoms with Gasteiger partial charge in [0.15, 0.2) is 0 Å². The van der Waals surface area contributed by atoms with Gasteiger partial charge in [0.1, 0.15) is 0 Å². The summed E-state index contributed by atoms with van der Waals surface area (Å²) in [6, 6.07) is 5.96. The van der Waals surface area contributed by atoms with Gasteiger partial charge < -0.3 is 0 Å². The van der Waals surface area contributed by atoms with Crippen molar-refractivity contribution in [3.05, 3.63) is 28.4 Å². The minimum atomic E-state index is 1.26. The summed E-state index contributed by atoms with van der Waals surface area (Å²) in [6.45, 7) is 0. The van der Waals surface area contributed by atoms with Crippen molar-refractivity contribution in [1.82, 2.24) is 0 Å². The van der Waals surface area contributed by atoms with Crippen molar-refractivity contribution in [3.63, 3.8) is 0 Å². The highest BCUT2D eigenvalue weighted by atomic mass is 127. The first kappa shape index (κ1) is 11.7. The number of aryl methyl sites for hydroxylation is 1. The average Bonchev–Trinajstić information content (AvgIpc) is 2.01. The van der Waals surface area contributed by atoms with E-state index >= 15 is 0 Å². The van der Waals surface area contributed by atoms with E-state index in [-0.39, 0.29) is 0 Å². The van der Waals surface area contributed by atoms with Crippen LogP contribution in [0.1, 0.15) is 5.56 Å². The van der Waals surface area contributed by atoms with E-state index < -0.39 is 0 Å². The fraction of sp³-hybridized carbons (Fsp3) is 0.250. The molecule has 4 heteroatoms. The highest BCUT2D eigenvalue weighted by Gasteiger charge is 2.03. The standard InChI is InChI=1S/C8H9I3Si/c9-6-4-8(11)7(10)3-5(6)1-2-12/h3-4H,1-2H2,12H3. The quantitative estimate of drug-likeness (QED) is 0.324. The van der Waals surface area contributed by atoms with Gasteiger partial charge in [0.25, 0.3) is 0 Å². The molecule has 0 aliphatic heterocycles. The summed E-state index contributed by atoms with van der Waals surface area (Å²) >= 11 is 7.23. The molecule has 0 saturated heterocycles. The predicted molar refractivity (Wildman–Crippen MR) is 83.0 cm³/mol. The van der Waals surface area contributed by atoms with Crippen LogP contribution in [0.4, 0.5) is 0 Å². The van der Waals surface area contributed by atoms with Crippen molar-refractivity contribution in [2.45, 2.75) is 12.5 Å². The molecule has 0 aromatic heterocycles. The lowest BCUT2D eigenvalue weighted by Gasteiger charge is -2.05. The summed E-state index contributed by atoms with van der Waals surface area (Å²) in [5.74, 6) is 0. The monoisotopic (exact) mass is 514 g/mol. The zero-order chi connectivity index (χ0) is 9.14. The fourth-order valence-corrected chi connectivity index (χ4v) is 3.89. The lowest BCUT2D eigenvalue weighted by Crippen LogP contribution is -1.92. The van der Waals surface area contributed by atoms with Gasteiger partial charge in [0, 0.05) is 21.0 Å². The maximum absolute atomic E-state index is 2.43. The zero-order valence-corrected chi connectivity index (χ0v) is 15.2. The van der Waals surface area contributed by atoms with E-state index in [0.29, 0.717) is 0 Å². The van der Waals surface area contributed by atoms with Crippen LogP contribution in [0.15, 0.2) is 12.1 Å². The molecule has 0 fully saturated rings. The highest BCUT2D eigenvalue weighted by Crippen LogP contribution is 2.22.